The first-order valence-electron chi connectivity index (χ1n) is 12.9. The van der Waals surface area contributed by atoms with E-state index < -0.39 is 6.04 Å². The number of carbonyl (C=O) groups is 3. The molecule has 0 aliphatic carbocycles. The van der Waals surface area contributed by atoms with E-state index in [2.05, 4.69) is 15.5 Å². The van der Waals surface area contributed by atoms with E-state index >= 15 is 0 Å². The third-order valence-corrected chi connectivity index (χ3v) is 7.43. The van der Waals surface area contributed by atoms with E-state index in [1.807, 2.05) is 30.7 Å². The minimum atomic E-state index is -0.564. The molecule has 0 saturated carbocycles. The van der Waals surface area contributed by atoms with Crippen molar-refractivity contribution >= 4 is 35.2 Å². The molecule has 1 aliphatic rings. The van der Waals surface area contributed by atoms with Gasteiger partial charge in [-0.3, -0.25) is 19.0 Å². The molecule has 1 fully saturated rings. The highest BCUT2D eigenvalue weighted by atomic mass is 35.5. The summed E-state index contributed by atoms with van der Waals surface area (Å²) < 4.78 is 8.44. The highest BCUT2D eigenvalue weighted by molar-refractivity contribution is 6.31. The number of hydrogen-bond acceptors (Lipinski definition) is 6. The highest BCUT2D eigenvalue weighted by Crippen LogP contribution is 2.21. The van der Waals surface area contributed by atoms with E-state index in [4.69, 9.17) is 16.3 Å². The van der Waals surface area contributed by atoms with Crippen LogP contribution in [0.25, 0.3) is 0 Å². The predicted molar refractivity (Wildman–Crippen MR) is 147 cm³/mol. The Kier molecular flexibility index (Phi) is 8.59. The van der Waals surface area contributed by atoms with Crippen LogP contribution < -0.4 is 5.32 Å². The van der Waals surface area contributed by atoms with Crippen LogP contribution in [0.2, 0.25) is 5.02 Å². The molecule has 1 saturated heterocycles. The molecular weight excluding hydrogens is 522 g/mol. The number of anilines is 1. The molecular formula is C27H34ClN7O4. The SMILES string of the molecule is CCOC(=O)N1CCN(C(=O)C(C)n2cc(NC(=O)c3ccc(Cn4nc(C)c(Cl)c4C)cc3)c(C)n2)CC1. The monoisotopic (exact) mass is 555 g/mol. The number of benzene rings is 1. The Labute approximate surface area is 232 Å². The van der Waals surface area contributed by atoms with Crippen LogP contribution in [-0.4, -0.2) is 80.1 Å². The topological polar surface area (TPSA) is 115 Å². The first kappa shape index (κ1) is 28.2. The maximum absolute atomic E-state index is 13.1. The summed E-state index contributed by atoms with van der Waals surface area (Å²) in [6.45, 7) is 11.7. The lowest BCUT2D eigenvalue weighted by molar-refractivity contribution is -0.136. The second-order valence-corrected chi connectivity index (χ2v) is 9.97. The zero-order valence-electron chi connectivity index (χ0n) is 22.9. The van der Waals surface area contributed by atoms with Crippen LogP contribution in [0, 0.1) is 20.8 Å². The van der Waals surface area contributed by atoms with Crippen LogP contribution >= 0.6 is 11.6 Å². The summed E-state index contributed by atoms with van der Waals surface area (Å²) in [5.74, 6) is -0.370. The van der Waals surface area contributed by atoms with E-state index in [0.29, 0.717) is 61.3 Å². The molecule has 1 atom stereocenters. The van der Waals surface area contributed by atoms with Gasteiger partial charge < -0.3 is 19.9 Å². The molecule has 3 heterocycles. The number of halogens is 1. The average molecular weight is 556 g/mol. The van der Waals surface area contributed by atoms with Gasteiger partial charge in [-0.15, -0.1) is 0 Å². The molecule has 3 aromatic rings. The normalized spacial score (nSPS) is 14.3. The minimum Gasteiger partial charge on any atom is -0.450 e. The molecule has 0 radical (unpaired) electrons. The molecule has 39 heavy (non-hydrogen) atoms. The summed E-state index contributed by atoms with van der Waals surface area (Å²) >= 11 is 6.24. The van der Waals surface area contributed by atoms with E-state index in [1.54, 1.807) is 53.6 Å². The minimum absolute atomic E-state index is 0.0987. The molecule has 0 spiro atoms. The molecule has 1 aromatic carbocycles. The summed E-state index contributed by atoms with van der Waals surface area (Å²) in [7, 11) is 0. The number of carbonyl (C=O) groups excluding carboxylic acids is 3. The summed E-state index contributed by atoms with van der Waals surface area (Å²) in [6, 6.07) is 6.74. The predicted octanol–water partition coefficient (Wildman–Crippen LogP) is 3.82. The van der Waals surface area contributed by atoms with Crippen molar-refractivity contribution in [3.05, 3.63) is 63.7 Å². The van der Waals surface area contributed by atoms with Gasteiger partial charge in [0.25, 0.3) is 5.91 Å². The van der Waals surface area contributed by atoms with E-state index in [1.165, 1.54) is 0 Å². The molecule has 208 valence electrons. The number of nitrogens with one attached hydrogen (secondary N) is 1. The lowest BCUT2D eigenvalue weighted by Crippen LogP contribution is -2.52. The number of rotatable bonds is 7. The Hall–Kier alpha value is -3.86. The molecule has 3 amide bonds. The van der Waals surface area contributed by atoms with Crippen molar-refractivity contribution in [3.8, 4) is 0 Å². The molecule has 11 nitrogen and oxygen atoms in total. The van der Waals surface area contributed by atoms with Crippen LogP contribution in [0.5, 0.6) is 0 Å². The zero-order chi connectivity index (χ0) is 28.3. The maximum atomic E-state index is 13.1. The number of aryl methyl sites for hydroxylation is 2. The molecule has 12 heteroatoms. The van der Waals surface area contributed by atoms with Crippen molar-refractivity contribution in [3.63, 3.8) is 0 Å². The van der Waals surface area contributed by atoms with Gasteiger partial charge in [0.2, 0.25) is 5.91 Å². The summed E-state index contributed by atoms with van der Waals surface area (Å²) in [4.78, 5) is 41.3. The van der Waals surface area contributed by atoms with Gasteiger partial charge in [0.05, 0.1) is 40.9 Å². The Balaban J connectivity index is 1.35. The number of aromatic nitrogens is 4. The van der Waals surface area contributed by atoms with Crippen molar-refractivity contribution < 1.29 is 19.1 Å². The maximum Gasteiger partial charge on any atom is 0.409 e. The zero-order valence-corrected chi connectivity index (χ0v) is 23.7. The highest BCUT2D eigenvalue weighted by Gasteiger charge is 2.29. The van der Waals surface area contributed by atoms with Crippen molar-refractivity contribution in [2.45, 2.75) is 47.2 Å². The third kappa shape index (κ3) is 6.25. The van der Waals surface area contributed by atoms with E-state index in [-0.39, 0.29) is 17.9 Å². The molecule has 0 bridgehead atoms. The number of hydrogen-bond donors (Lipinski definition) is 1. The average Bonchev–Trinajstić information content (AvgIpc) is 3.41. The quantitative estimate of drug-likeness (QED) is 0.474. The van der Waals surface area contributed by atoms with Crippen LogP contribution in [0.3, 0.4) is 0 Å². The fourth-order valence-corrected chi connectivity index (χ4v) is 4.60. The van der Waals surface area contributed by atoms with E-state index in [9.17, 15) is 14.4 Å². The van der Waals surface area contributed by atoms with Gasteiger partial charge in [-0.25, -0.2) is 4.79 Å². The molecule has 4 rings (SSSR count). The molecule has 1 unspecified atom stereocenters. The first-order chi connectivity index (χ1) is 18.6. The van der Waals surface area contributed by atoms with Crippen molar-refractivity contribution in [2.75, 3.05) is 38.1 Å². The van der Waals surface area contributed by atoms with Gasteiger partial charge in [0, 0.05) is 37.9 Å². The Bertz CT molecular complexity index is 1360. The van der Waals surface area contributed by atoms with Gasteiger partial charge in [-0.05, 0) is 52.3 Å². The summed E-state index contributed by atoms with van der Waals surface area (Å²) in [6.07, 6.45) is 1.31. The molecule has 1 aliphatic heterocycles. The number of ether oxygens (including phenoxy) is 1. The number of nitrogens with zero attached hydrogens (tertiary/aromatic N) is 6. The van der Waals surface area contributed by atoms with Crippen LogP contribution in [0.4, 0.5) is 10.5 Å². The van der Waals surface area contributed by atoms with Gasteiger partial charge in [-0.1, -0.05) is 23.7 Å². The fourth-order valence-electron chi connectivity index (χ4n) is 4.46. The van der Waals surface area contributed by atoms with Gasteiger partial charge in [-0.2, -0.15) is 10.2 Å². The molecule has 2 aromatic heterocycles. The Morgan fingerprint density at radius 3 is 2.23 bits per heavy atom. The smallest absolute Gasteiger partial charge is 0.409 e. The van der Waals surface area contributed by atoms with Crippen LogP contribution in [0.15, 0.2) is 30.5 Å². The van der Waals surface area contributed by atoms with Gasteiger partial charge in [0.1, 0.15) is 6.04 Å². The Morgan fingerprint density at radius 1 is 1.00 bits per heavy atom. The largest absolute Gasteiger partial charge is 0.450 e. The second-order valence-electron chi connectivity index (χ2n) is 9.59. The van der Waals surface area contributed by atoms with Gasteiger partial charge in [0.15, 0.2) is 0 Å². The van der Waals surface area contributed by atoms with E-state index in [0.717, 1.165) is 17.0 Å². The first-order valence-corrected chi connectivity index (χ1v) is 13.3. The lowest BCUT2D eigenvalue weighted by atomic mass is 10.1. The lowest BCUT2D eigenvalue weighted by Gasteiger charge is -2.35. The van der Waals surface area contributed by atoms with Crippen LogP contribution in [-0.2, 0) is 16.1 Å². The molecule has 1 N–H and O–H groups in total. The number of amides is 3. The van der Waals surface area contributed by atoms with Crippen LogP contribution in [0.1, 0.15) is 52.9 Å². The van der Waals surface area contributed by atoms with Crippen molar-refractivity contribution in [2.24, 2.45) is 0 Å². The third-order valence-electron chi connectivity index (χ3n) is 6.88. The van der Waals surface area contributed by atoms with Crippen molar-refractivity contribution in [1.82, 2.24) is 29.4 Å². The second kappa shape index (κ2) is 11.9. The van der Waals surface area contributed by atoms with Crippen molar-refractivity contribution in [1.29, 1.82) is 0 Å². The van der Waals surface area contributed by atoms with Gasteiger partial charge >= 0.3 is 6.09 Å². The standard InChI is InChI=1S/C27H34ClN7O4/c1-6-39-27(38)33-13-11-32(12-14-33)26(37)20(5)35-16-23(17(2)30-35)29-25(36)22-9-7-21(8-10-22)15-34-19(4)24(28)18(3)31-34/h7-10,16,20H,6,11-15H2,1-5H3,(H,29,36). The Morgan fingerprint density at radius 2 is 1.64 bits per heavy atom. The number of piperazine rings is 1. The summed E-state index contributed by atoms with van der Waals surface area (Å²) in [5.41, 5.74) is 4.32. The fraction of sp³-hybridized carbons (Fsp3) is 0.444. The summed E-state index contributed by atoms with van der Waals surface area (Å²) in [5, 5.41) is 12.5.